The van der Waals surface area contributed by atoms with Crippen LogP contribution in [0.2, 0.25) is 0 Å². The molecule has 0 radical (unpaired) electrons. The Morgan fingerprint density at radius 1 is 1.28 bits per heavy atom. The summed E-state index contributed by atoms with van der Waals surface area (Å²) in [6, 6.07) is 11.6. The largest absolute Gasteiger partial charge is 0.314 e. The molecule has 92 valence electrons. The minimum absolute atomic E-state index is 0.918. The fourth-order valence-electron chi connectivity index (χ4n) is 2.06. The zero-order chi connectivity index (χ0) is 12.6. The van der Waals surface area contributed by atoms with Crippen molar-refractivity contribution in [2.75, 3.05) is 0 Å². The minimum atomic E-state index is 0.918. The second-order valence-electron chi connectivity index (χ2n) is 4.38. The normalized spacial score (nSPS) is 19.1. The molecule has 1 aliphatic rings. The van der Waals surface area contributed by atoms with Gasteiger partial charge in [-0.1, -0.05) is 55.7 Å². The second-order valence-corrected chi connectivity index (χ2v) is 4.38. The highest BCUT2D eigenvalue weighted by Gasteiger charge is 2.05. The minimum Gasteiger partial charge on any atom is -0.314 e. The first-order valence-electron chi connectivity index (χ1n) is 6.61. The SMILES string of the molecule is CCCc1ccccc1/C1=C/C=C\CCC#CN1. The molecule has 2 rings (SSSR count). The molecule has 0 aromatic heterocycles. The molecular formula is C17H19N. The number of benzene rings is 1. The van der Waals surface area contributed by atoms with E-state index in [0.29, 0.717) is 0 Å². The van der Waals surface area contributed by atoms with E-state index in [-0.39, 0.29) is 0 Å². The Morgan fingerprint density at radius 2 is 2.17 bits per heavy atom. The van der Waals surface area contributed by atoms with Crippen LogP contribution in [0.25, 0.3) is 5.70 Å². The standard InChI is InChI=1S/C17H19N/c1-2-10-15-11-7-8-12-16(15)17-13-6-4-3-5-9-14-18-17/h4,6-8,11-13,18H,2-3,5,10H2,1H3/b6-4-,17-13-. The average molecular weight is 237 g/mol. The fraction of sp³-hybridized carbons (Fsp3) is 0.294. The first kappa shape index (κ1) is 12.5. The van der Waals surface area contributed by atoms with Crippen LogP contribution < -0.4 is 5.32 Å². The summed E-state index contributed by atoms with van der Waals surface area (Å²) in [7, 11) is 0. The summed E-state index contributed by atoms with van der Waals surface area (Å²) in [4.78, 5) is 0. The van der Waals surface area contributed by atoms with E-state index in [1.54, 1.807) is 0 Å². The molecule has 0 saturated carbocycles. The van der Waals surface area contributed by atoms with Gasteiger partial charge < -0.3 is 5.32 Å². The Hall–Kier alpha value is -1.94. The van der Waals surface area contributed by atoms with E-state index in [1.807, 2.05) is 0 Å². The summed E-state index contributed by atoms with van der Waals surface area (Å²) in [5.41, 5.74) is 3.75. The van der Waals surface area contributed by atoms with Crippen molar-refractivity contribution in [2.24, 2.45) is 0 Å². The molecule has 0 bridgehead atoms. The predicted molar refractivity (Wildman–Crippen MR) is 77.7 cm³/mol. The van der Waals surface area contributed by atoms with Gasteiger partial charge in [0.2, 0.25) is 0 Å². The molecule has 0 atom stereocenters. The first-order valence-corrected chi connectivity index (χ1v) is 6.61. The van der Waals surface area contributed by atoms with Crippen molar-refractivity contribution >= 4 is 5.70 Å². The monoisotopic (exact) mass is 237 g/mol. The van der Waals surface area contributed by atoms with Gasteiger partial charge in [-0.05, 0) is 24.5 Å². The number of allylic oxidation sites excluding steroid dienone is 3. The van der Waals surface area contributed by atoms with Gasteiger partial charge in [0.25, 0.3) is 0 Å². The molecular weight excluding hydrogens is 218 g/mol. The van der Waals surface area contributed by atoms with Gasteiger partial charge in [0, 0.05) is 18.0 Å². The number of hydrogen-bond acceptors (Lipinski definition) is 1. The fourth-order valence-corrected chi connectivity index (χ4v) is 2.06. The lowest BCUT2D eigenvalue weighted by atomic mass is 10.0. The number of aryl methyl sites for hydroxylation is 1. The zero-order valence-electron chi connectivity index (χ0n) is 10.9. The summed E-state index contributed by atoms with van der Waals surface area (Å²) < 4.78 is 0. The van der Waals surface area contributed by atoms with Crippen LogP contribution in [0.3, 0.4) is 0 Å². The van der Waals surface area contributed by atoms with Gasteiger partial charge in [-0.2, -0.15) is 0 Å². The average Bonchev–Trinajstić information content (AvgIpc) is 2.53. The Morgan fingerprint density at radius 3 is 3.06 bits per heavy atom. The van der Waals surface area contributed by atoms with Crippen molar-refractivity contribution in [3.8, 4) is 12.0 Å². The maximum Gasteiger partial charge on any atom is 0.0534 e. The van der Waals surface area contributed by atoms with Gasteiger partial charge in [0.05, 0.1) is 5.70 Å². The Balaban J connectivity index is 2.35. The quantitative estimate of drug-likeness (QED) is 0.787. The van der Waals surface area contributed by atoms with Crippen LogP contribution in [0.4, 0.5) is 0 Å². The van der Waals surface area contributed by atoms with E-state index in [1.165, 1.54) is 11.1 Å². The van der Waals surface area contributed by atoms with Gasteiger partial charge in [-0.25, -0.2) is 0 Å². The van der Waals surface area contributed by atoms with Crippen molar-refractivity contribution in [1.82, 2.24) is 5.32 Å². The van der Waals surface area contributed by atoms with Crippen molar-refractivity contribution in [2.45, 2.75) is 32.6 Å². The van der Waals surface area contributed by atoms with Crippen LogP contribution >= 0.6 is 0 Å². The lowest BCUT2D eigenvalue weighted by Gasteiger charge is -2.11. The molecule has 0 unspecified atom stereocenters. The van der Waals surface area contributed by atoms with Gasteiger partial charge in [-0.3, -0.25) is 0 Å². The van der Waals surface area contributed by atoms with Crippen LogP contribution in [0.5, 0.6) is 0 Å². The van der Waals surface area contributed by atoms with Crippen LogP contribution in [0.15, 0.2) is 42.5 Å². The molecule has 0 fully saturated rings. The molecule has 1 heteroatoms. The molecule has 1 aromatic rings. The van der Waals surface area contributed by atoms with Gasteiger partial charge in [0.1, 0.15) is 0 Å². The van der Waals surface area contributed by atoms with E-state index < -0.39 is 0 Å². The molecule has 1 nitrogen and oxygen atoms in total. The first-order chi connectivity index (χ1) is 8.92. The third kappa shape index (κ3) is 3.28. The Bertz CT molecular complexity index is 512. The van der Waals surface area contributed by atoms with E-state index in [2.05, 4.69) is 66.7 Å². The summed E-state index contributed by atoms with van der Waals surface area (Å²) in [6.45, 7) is 2.21. The van der Waals surface area contributed by atoms with Gasteiger partial charge in [0.15, 0.2) is 0 Å². The Labute approximate surface area is 110 Å². The molecule has 0 saturated heterocycles. The molecule has 1 heterocycles. The van der Waals surface area contributed by atoms with Gasteiger partial charge >= 0.3 is 0 Å². The lowest BCUT2D eigenvalue weighted by Crippen LogP contribution is -2.06. The molecule has 1 aliphatic heterocycles. The summed E-state index contributed by atoms with van der Waals surface area (Å²) in [6.07, 6.45) is 10.6. The predicted octanol–water partition coefficient (Wildman–Crippen LogP) is 3.88. The van der Waals surface area contributed by atoms with Crippen molar-refractivity contribution in [3.05, 3.63) is 53.6 Å². The number of hydrogen-bond donors (Lipinski definition) is 1. The van der Waals surface area contributed by atoms with E-state index in [4.69, 9.17) is 0 Å². The molecule has 1 aromatic carbocycles. The van der Waals surface area contributed by atoms with Crippen LogP contribution in [0, 0.1) is 12.0 Å². The molecule has 0 amide bonds. The Kier molecular flexibility index (Phi) is 4.67. The molecule has 1 N–H and O–H groups in total. The van der Waals surface area contributed by atoms with Crippen LogP contribution in [-0.2, 0) is 6.42 Å². The van der Waals surface area contributed by atoms with Crippen molar-refractivity contribution in [3.63, 3.8) is 0 Å². The van der Waals surface area contributed by atoms with E-state index >= 15 is 0 Å². The highest BCUT2D eigenvalue weighted by atomic mass is 14.8. The summed E-state index contributed by atoms with van der Waals surface area (Å²) in [5.74, 6) is 3.13. The highest BCUT2D eigenvalue weighted by Crippen LogP contribution is 2.19. The van der Waals surface area contributed by atoms with Crippen LogP contribution in [-0.4, -0.2) is 0 Å². The van der Waals surface area contributed by atoms with Crippen molar-refractivity contribution < 1.29 is 0 Å². The maximum absolute atomic E-state index is 3.23. The second kappa shape index (κ2) is 6.71. The van der Waals surface area contributed by atoms with E-state index in [9.17, 15) is 0 Å². The molecule has 0 aliphatic carbocycles. The molecule has 18 heavy (non-hydrogen) atoms. The van der Waals surface area contributed by atoms with Crippen LogP contribution in [0.1, 0.15) is 37.3 Å². The third-order valence-electron chi connectivity index (χ3n) is 2.95. The van der Waals surface area contributed by atoms with Gasteiger partial charge in [-0.15, -0.1) is 0 Å². The summed E-state index contributed by atoms with van der Waals surface area (Å²) in [5, 5.41) is 3.23. The topological polar surface area (TPSA) is 12.0 Å². The lowest BCUT2D eigenvalue weighted by molar-refractivity contribution is 0.916. The van der Waals surface area contributed by atoms with Crippen molar-refractivity contribution in [1.29, 1.82) is 0 Å². The number of nitrogens with one attached hydrogen (secondary N) is 1. The maximum atomic E-state index is 3.23. The molecule has 0 spiro atoms. The smallest absolute Gasteiger partial charge is 0.0534 e. The third-order valence-corrected chi connectivity index (χ3v) is 2.95. The zero-order valence-corrected chi connectivity index (χ0v) is 10.9. The van der Waals surface area contributed by atoms with E-state index in [0.717, 1.165) is 31.4 Å². The highest BCUT2D eigenvalue weighted by molar-refractivity contribution is 5.69. The number of rotatable bonds is 3. The summed E-state index contributed by atoms with van der Waals surface area (Å²) >= 11 is 0.